The second kappa shape index (κ2) is 7.60. The molecule has 0 aliphatic rings. The summed E-state index contributed by atoms with van der Waals surface area (Å²) in [6.07, 6.45) is 3.50. The summed E-state index contributed by atoms with van der Waals surface area (Å²) >= 11 is 0. The molecule has 0 spiro atoms. The fraction of sp³-hybridized carbons (Fsp3) is 0.857. The third-order valence-electron chi connectivity index (χ3n) is 3.13. The molecule has 0 aliphatic heterocycles. The minimum atomic E-state index is 0.200. The van der Waals surface area contributed by atoms with E-state index in [1.807, 2.05) is 4.68 Å². The Kier molecular flexibility index (Phi) is 6.45. The maximum absolute atomic E-state index is 8.88. The lowest BCUT2D eigenvalue weighted by molar-refractivity contribution is 0.235. The molecule has 0 amide bonds. The van der Waals surface area contributed by atoms with Gasteiger partial charge in [0.2, 0.25) is 0 Å². The van der Waals surface area contributed by atoms with Crippen LogP contribution in [-0.2, 0) is 13.1 Å². The Bertz CT molecular complexity index is 360. The van der Waals surface area contributed by atoms with E-state index in [-0.39, 0.29) is 12.0 Å². The van der Waals surface area contributed by atoms with Gasteiger partial charge in [-0.25, -0.2) is 9.67 Å². The van der Waals surface area contributed by atoms with E-state index in [0.29, 0.717) is 5.92 Å². The smallest absolute Gasteiger partial charge is 0.140 e. The molecule has 19 heavy (non-hydrogen) atoms. The van der Waals surface area contributed by atoms with E-state index in [2.05, 4.69) is 43.1 Å². The molecule has 0 unspecified atom stereocenters. The molecule has 0 aromatic carbocycles. The van der Waals surface area contributed by atoms with Gasteiger partial charge in [-0.15, -0.1) is 0 Å². The molecule has 0 aliphatic carbocycles. The van der Waals surface area contributed by atoms with Crippen LogP contribution in [0.1, 0.15) is 46.4 Å². The van der Waals surface area contributed by atoms with Crippen LogP contribution in [0.15, 0.2) is 6.33 Å². The van der Waals surface area contributed by atoms with Crippen LogP contribution in [-0.4, -0.2) is 33.0 Å². The van der Waals surface area contributed by atoms with E-state index < -0.39 is 0 Å². The van der Waals surface area contributed by atoms with Crippen LogP contribution in [0.2, 0.25) is 0 Å². The fourth-order valence-corrected chi connectivity index (χ4v) is 2.08. The zero-order valence-corrected chi connectivity index (χ0v) is 12.7. The molecule has 110 valence electrons. The average Bonchev–Trinajstić information content (AvgIpc) is 2.73. The van der Waals surface area contributed by atoms with Crippen LogP contribution in [0, 0.1) is 11.3 Å². The average molecular weight is 268 g/mol. The van der Waals surface area contributed by atoms with Gasteiger partial charge in [0, 0.05) is 19.7 Å². The van der Waals surface area contributed by atoms with Gasteiger partial charge in [-0.05, 0) is 24.2 Å². The van der Waals surface area contributed by atoms with Crippen molar-refractivity contribution in [2.24, 2.45) is 11.3 Å². The highest BCUT2D eigenvalue weighted by molar-refractivity contribution is 4.85. The van der Waals surface area contributed by atoms with Crippen LogP contribution in [0.25, 0.3) is 0 Å². The van der Waals surface area contributed by atoms with Gasteiger partial charge in [-0.2, -0.15) is 5.10 Å². The van der Waals surface area contributed by atoms with E-state index >= 15 is 0 Å². The maximum Gasteiger partial charge on any atom is 0.140 e. The largest absolute Gasteiger partial charge is 0.396 e. The van der Waals surface area contributed by atoms with E-state index in [0.717, 1.165) is 38.3 Å². The number of aliphatic hydroxyl groups excluding tert-OH is 1. The van der Waals surface area contributed by atoms with E-state index in [9.17, 15) is 0 Å². The lowest BCUT2D eigenvalue weighted by Crippen LogP contribution is -2.30. The first-order valence-corrected chi connectivity index (χ1v) is 7.13. The first-order chi connectivity index (χ1) is 8.94. The van der Waals surface area contributed by atoms with Crippen molar-refractivity contribution >= 4 is 0 Å². The van der Waals surface area contributed by atoms with Gasteiger partial charge in [-0.3, -0.25) is 0 Å². The van der Waals surface area contributed by atoms with Crippen molar-refractivity contribution in [2.45, 2.75) is 53.6 Å². The molecule has 5 heteroatoms. The summed E-state index contributed by atoms with van der Waals surface area (Å²) in [5, 5.41) is 16.6. The van der Waals surface area contributed by atoms with Gasteiger partial charge in [0.05, 0.1) is 6.54 Å². The lowest BCUT2D eigenvalue weighted by atomic mass is 9.88. The molecule has 0 radical (unpaired) electrons. The van der Waals surface area contributed by atoms with Crippen LogP contribution in [0.5, 0.6) is 0 Å². The Morgan fingerprint density at radius 1 is 1.42 bits per heavy atom. The van der Waals surface area contributed by atoms with Gasteiger partial charge in [-0.1, -0.05) is 27.7 Å². The first-order valence-electron chi connectivity index (χ1n) is 7.13. The van der Waals surface area contributed by atoms with E-state index in [1.54, 1.807) is 6.33 Å². The molecule has 1 heterocycles. The highest BCUT2D eigenvalue weighted by Crippen LogP contribution is 2.20. The maximum atomic E-state index is 8.88. The van der Waals surface area contributed by atoms with Gasteiger partial charge >= 0.3 is 0 Å². The van der Waals surface area contributed by atoms with Crippen molar-refractivity contribution in [1.82, 2.24) is 20.1 Å². The summed E-state index contributed by atoms with van der Waals surface area (Å²) in [7, 11) is 0. The number of hydrogen-bond acceptors (Lipinski definition) is 4. The number of aliphatic hydroxyl groups is 1. The third-order valence-corrected chi connectivity index (χ3v) is 3.13. The Morgan fingerprint density at radius 3 is 2.79 bits per heavy atom. The number of rotatable bonds is 9. The van der Waals surface area contributed by atoms with E-state index in [4.69, 9.17) is 5.11 Å². The summed E-state index contributed by atoms with van der Waals surface area (Å²) in [5.74, 6) is 1.56. The molecular weight excluding hydrogens is 240 g/mol. The van der Waals surface area contributed by atoms with Gasteiger partial charge in [0.1, 0.15) is 12.2 Å². The van der Waals surface area contributed by atoms with Gasteiger partial charge in [0.25, 0.3) is 0 Å². The second-order valence-corrected chi connectivity index (χ2v) is 6.35. The third kappa shape index (κ3) is 6.16. The second-order valence-electron chi connectivity index (χ2n) is 6.35. The normalized spacial score (nSPS) is 12.3. The Hall–Kier alpha value is -0.940. The number of nitrogens with zero attached hydrogens (tertiary/aromatic N) is 3. The standard InChI is InChI=1S/C14H28N4O/c1-12(2)9-18-13(16-11-17-18)8-15-10-14(3,4)6-5-7-19/h11-12,15,19H,5-10H2,1-4H3. The van der Waals surface area contributed by atoms with Gasteiger partial charge in [0.15, 0.2) is 0 Å². The molecule has 0 bridgehead atoms. The molecule has 1 aromatic heterocycles. The van der Waals surface area contributed by atoms with E-state index in [1.165, 1.54) is 0 Å². The molecule has 0 atom stereocenters. The first kappa shape index (κ1) is 16.1. The Balaban J connectivity index is 2.38. The quantitative estimate of drug-likeness (QED) is 0.717. The van der Waals surface area contributed by atoms with Crippen molar-refractivity contribution in [1.29, 1.82) is 0 Å². The highest BCUT2D eigenvalue weighted by atomic mass is 16.2. The fourth-order valence-electron chi connectivity index (χ4n) is 2.08. The molecule has 1 aromatic rings. The molecule has 0 fully saturated rings. The number of nitrogens with one attached hydrogen (secondary N) is 1. The van der Waals surface area contributed by atoms with Crippen LogP contribution in [0.4, 0.5) is 0 Å². The van der Waals surface area contributed by atoms with Gasteiger partial charge < -0.3 is 10.4 Å². The van der Waals surface area contributed by atoms with Crippen LogP contribution < -0.4 is 5.32 Å². The molecule has 2 N–H and O–H groups in total. The van der Waals surface area contributed by atoms with Crippen LogP contribution >= 0.6 is 0 Å². The zero-order chi connectivity index (χ0) is 14.3. The monoisotopic (exact) mass is 268 g/mol. The number of aromatic nitrogens is 3. The summed E-state index contributed by atoms with van der Waals surface area (Å²) < 4.78 is 1.97. The Morgan fingerprint density at radius 2 is 2.16 bits per heavy atom. The van der Waals surface area contributed by atoms with Crippen molar-refractivity contribution < 1.29 is 5.11 Å². The predicted molar refractivity (Wildman–Crippen MR) is 76.7 cm³/mol. The van der Waals surface area contributed by atoms with Crippen molar-refractivity contribution in [2.75, 3.05) is 13.2 Å². The Labute approximate surface area is 116 Å². The molecule has 5 nitrogen and oxygen atoms in total. The summed E-state index contributed by atoms with van der Waals surface area (Å²) in [5.41, 5.74) is 0.200. The van der Waals surface area contributed by atoms with Crippen molar-refractivity contribution in [3.8, 4) is 0 Å². The summed E-state index contributed by atoms with van der Waals surface area (Å²) in [4.78, 5) is 4.30. The summed E-state index contributed by atoms with van der Waals surface area (Å²) in [6.45, 7) is 11.6. The summed E-state index contributed by atoms with van der Waals surface area (Å²) in [6, 6.07) is 0. The molecule has 0 saturated heterocycles. The minimum Gasteiger partial charge on any atom is -0.396 e. The molecular formula is C14H28N4O. The highest BCUT2D eigenvalue weighted by Gasteiger charge is 2.17. The molecule has 0 saturated carbocycles. The lowest BCUT2D eigenvalue weighted by Gasteiger charge is -2.24. The molecule has 1 rings (SSSR count). The predicted octanol–water partition coefficient (Wildman–Crippen LogP) is 1.82. The van der Waals surface area contributed by atoms with Crippen molar-refractivity contribution in [3.05, 3.63) is 12.2 Å². The van der Waals surface area contributed by atoms with Crippen LogP contribution in [0.3, 0.4) is 0 Å². The van der Waals surface area contributed by atoms with Crippen molar-refractivity contribution in [3.63, 3.8) is 0 Å². The SMILES string of the molecule is CC(C)Cn1ncnc1CNCC(C)(C)CCCO. The topological polar surface area (TPSA) is 63.0 Å². The minimum absolute atomic E-state index is 0.200. The zero-order valence-electron chi connectivity index (χ0n) is 12.7. The number of hydrogen-bond donors (Lipinski definition) is 2.